The van der Waals surface area contributed by atoms with Gasteiger partial charge in [-0.15, -0.1) is 0 Å². The van der Waals surface area contributed by atoms with Gasteiger partial charge in [0, 0.05) is 6.92 Å². The maximum absolute atomic E-state index is 10.6. The summed E-state index contributed by atoms with van der Waals surface area (Å²) in [6.07, 6.45) is 9.02. The predicted molar refractivity (Wildman–Crippen MR) is 81.6 cm³/mol. The molecule has 1 aliphatic heterocycles. The summed E-state index contributed by atoms with van der Waals surface area (Å²) >= 11 is 0. The van der Waals surface area contributed by atoms with Gasteiger partial charge in [-0.3, -0.25) is 4.79 Å². The van der Waals surface area contributed by atoms with Gasteiger partial charge in [0.05, 0.1) is 11.7 Å². The molecule has 1 rings (SSSR count). The lowest BCUT2D eigenvalue weighted by Crippen LogP contribution is -2.02. The molecular formula is C17H28O3. The Bertz CT molecular complexity index is 391. The zero-order chi connectivity index (χ0) is 15.2. The van der Waals surface area contributed by atoms with Crippen LogP contribution in [0.4, 0.5) is 0 Å². The highest BCUT2D eigenvalue weighted by Crippen LogP contribution is 2.38. The van der Waals surface area contributed by atoms with E-state index in [1.54, 1.807) is 0 Å². The first-order valence-corrected chi connectivity index (χ1v) is 7.43. The van der Waals surface area contributed by atoms with Crippen molar-refractivity contribution in [1.29, 1.82) is 0 Å². The predicted octanol–water partition coefficient (Wildman–Crippen LogP) is 4.18. The second-order valence-electron chi connectivity index (χ2n) is 6.19. The number of allylic oxidation sites excluding steroid dienone is 3. The molecule has 0 N–H and O–H groups in total. The Hall–Kier alpha value is -1.09. The van der Waals surface area contributed by atoms with Crippen molar-refractivity contribution >= 4 is 5.97 Å². The first-order valence-electron chi connectivity index (χ1n) is 7.43. The molecule has 0 aromatic rings. The third-order valence-corrected chi connectivity index (χ3v) is 3.71. The molecule has 0 aliphatic carbocycles. The van der Waals surface area contributed by atoms with Gasteiger partial charge < -0.3 is 9.47 Å². The van der Waals surface area contributed by atoms with Crippen LogP contribution in [0.2, 0.25) is 0 Å². The highest BCUT2D eigenvalue weighted by Gasteiger charge is 2.46. The Morgan fingerprint density at radius 1 is 1.15 bits per heavy atom. The second kappa shape index (κ2) is 7.63. The van der Waals surface area contributed by atoms with E-state index in [4.69, 9.17) is 9.47 Å². The standard InChI is InChI=1S/C17H28O3/c1-13(9-10-16-17(4,5)20-16)7-6-8-14(2)11-12-19-15(3)18/h7,11,16H,6,8-10,12H2,1-5H3/b13-7+,14-11+/t16-/m0/s1. The number of esters is 1. The van der Waals surface area contributed by atoms with Crippen LogP contribution in [-0.2, 0) is 14.3 Å². The number of rotatable bonds is 8. The van der Waals surface area contributed by atoms with Crippen molar-refractivity contribution in [3.63, 3.8) is 0 Å². The van der Waals surface area contributed by atoms with E-state index in [1.165, 1.54) is 18.1 Å². The summed E-state index contributed by atoms with van der Waals surface area (Å²) in [6, 6.07) is 0. The van der Waals surface area contributed by atoms with Crippen LogP contribution in [-0.4, -0.2) is 24.3 Å². The molecule has 0 saturated carbocycles. The monoisotopic (exact) mass is 280 g/mol. The summed E-state index contributed by atoms with van der Waals surface area (Å²) < 4.78 is 10.5. The number of ether oxygens (including phenoxy) is 2. The average molecular weight is 280 g/mol. The van der Waals surface area contributed by atoms with Crippen molar-refractivity contribution in [2.24, 2.45) is 0 Å². The molecule has 1 fully saturated rings. The smallest absolute Gasteiger partial charge is 0.302 e. The number of epoxide rings is 1. The van der Waals surface area contributed by atoms with E-state index in [9.17, 15) is 4.79 Å². The maximum atomic E-state index is 10.6. The summed E-state index contributed by atoms with van der Waals surface area (Å²) in [7, 11) is 0. The largest absolute Gasteiger partial charge is 0.462 e. The van der Waals surface area contributed by atoms with Crippen molar-refractivity contribution in [3.05, 3.63) is 23.3 Å². The van der Waals surface area contributed by atoms with Gasteiger partial charge >= 0.3 is 5.97 Å². The van der Waals surface area contributed by atoms with E-state index >= 15 is 0 Å². The minimum absolute atomic E-state index is 0.107. The van der Waals surface area contributed by atoms with Crippen molar-refractivity contribution in [1.82, 2.24) is 0 Å². The number of hydrogen-bond acceptors (Lipinski definition) is 3. The highest BCUT2D eigenvalue weighted by molar-refractivity contribution is 5.66. The molecule has 0 radical (unpaired) electrons. The van der Waals surface area contributed by atoms with Gasteiger partial charge in [0.15, 0.2) is 0 Å². The van der Waals surface area contributed by atoms with Gasteiger partial charge in [-0.2, -0.15) is 0 Å². The average Bonchev–Trinajstić information content (AvgIpc) is 2.94. The molecule has 0 bridgehead atoms. The third kappa shape index (κ3) is 6.90. The van der Waals surface area contributed by atoms with Crippen molar-refractivity contribution in [2.45, 2.75) is 72.0 Å². The van der Waals surface area contributed by atoms with Crippen LogP contribution in [0.1, 0.15) is 60.3 Å². The summed E-state index contributed by atoms with van der Waals surface area (Å²) in [4.78, 5) is 10.6. The molecule has 0 aromatic heterocycles. The van der Waals surface area contributed by atoms with Gasteiger partial charge in [0.1, 0.15) is 6.61 Å². The van der Waals surface area contributed by atoms with Gasteiger partial charge in [-0.05, 0) is 59.5 Å². The molecule has 0 amide bonds. The van der Waals surface area contributed by atoms with Crippen LogP contribution in [0.3, 0.4) is 0 Å². The summed E-state index contributed by atoms with van der Waals surface area (Å²) in [5.74, 6) is -0.227. The molecule has 3 nitrogen and oxygen atoms in total. The lowest BCUT2D eigenvalue weighted by Gasteiger charge is -2.02. The Morgan fingerprint density at radius 3 is 2.30 bits per heavy atom. The quantitative estimate of drug-likeness (QED) is 0.380. The lowest BCUT2D eigenvalue weighted by atomic mass is 10.0. The molecule has 1 heterocycles. The van der Waals surface area contributed by atoms with Gasteiger partial charge in [-0.1, -0.05) is 17.2 Å². The zero-order valence-electron chi connectivity index (χ0n) is 13.5. The molecule has 1 saturated heterocycles. The number of carbonyl (C=O) groups excluding carboxylic acids is 1. The fraction of sp³-hybridized carbons (Fsp3) is 0.706. The fourth-order valence-electron chi connectivity index (χ4n) is 2.15. The van der Waals surface area contributed by atoms with Crippen LogP contribution < -0.4 is 0 Å². The zero-order valence-corrected chi connectivity index (χ0v) is 13.5. The van der Waals surface area contributed by atoms with Gasteiger partial charge in [0.25, 0.3) is 0 Å². The van der Waals surface area contributed by atoms with E-state index < -0.39 is 0 Å². The highest BCUT2D eigenvalue weighted by atomic mass is 16.6. The Labute approximate surface area is 123 Å². The SMILES string of the molecule is CC(=O)OC/C=C(\C)CC/C=C(\C)CC[C@@H]1OC1(C)C. The normalized spacial score (nSPS) is 21.8. The van der Waals surface area contributed by atoms with Crippen LogP contribution >= 0.6 is 0 Å². The Balaban J connectivity index is 2.14. The van der Waals surface area contributed by atoms with E-state index in [1.807, 2.05) is 6.08 Å². The number of carbonyl (C=O) groups is 1. The van der Waals surface area contributed by atoms with Crippen molar-refractivity contribution in [3.8, 4) is 0 Å². The van der Waals surface area contributed by atoms with Gasteiger partial charge in [0.2, 0.25) is 0 Å². The lowest BCUT2D eigenvalue weighted by molar-refractivity contribution is -0.139. The molecule has 114 valence electrons. The topological polar surface area (TPSA) is 38.8 Å². The Morgan fingerprint density at radius 2 is 1.75 bits per heavy atom. The molecule has 20 heavy (non-hydrogen) atoms. The molecular weight excluding hydrogens is 252 g/mol. The summed E-state index contributed by atoms with van der Waals surface area (Å²) in [5, 5.41) is 0. The van der Waals surface area contributed by atoms with Crippen LogP contribution in [0.5, 0.6) is 0 Å². The van der Waals surface area contributed by atoms with E-state index in [2.05, 4.69) is 33.8 Å². The summed E-state index contributed by atoms with van der Waals surface area (Å²) in [5.41, 5.74) is 2.81. The van der Waals surface area contributed by atoms with Crippen LogP contribution in [0.25, 0.3) is 0 Å². The summed E-state index contributed by atoms with van der Waals surface area (Å²) in [6.45, 7) is 10.4. The second-order valence-corrected chi connectivity index (χ2v) is 6.19. The number of hydrogen-bond donors (Lipinski definition) is 0. The molecule has 0 aromatic carbocycles. The first-order chi connectivity index (χ1) is 9.31. The van der Waals surface area contributed by atoms with Gasteiger partial charge in [-0.25, -0.2) is 0 Å². The minimum atomic E-state index is -0.227. The van der Waals surface area contributed by atoms with Crippen LogP contribution in [0.15, 0.2) is 23.3 Å². The molecule has 0 unspecified atom stereocenters. The molecule has 1 atom stereocenters. The van der Waals surface area contributed by atoms with E-state index in [-0.39, 0.29) is 11.6 Å². The minimum Gasteiger partial charge on any atom is -0.462 e. The Kier molecular flexibility index (Phi) is 6.47. The molecule has 1 aliphatic rings. The first kappa shape index (κ1) is 17.0. The fourth-order valence-corrected chi connectivity index (χ4v) is 2.15. The van der Waals surface area contributed by atoms with Crippen LogP contribution in [0, 0.1) is 0 Å². The van der Waals surface area contributed by atoms with Crippen molar-refractivity contribution < 1.29 is 14.3 Å². The molecule has 3 heteroatoms. The molecule has 0 spiro atoms. The van der Waals surface area contributed by atoms with E-state index in [0.29, 0.717) is 12.7 Å². The third-order valence-electron chi connectivity index (χ3n) is 3.71. The maximum Gasteiger partial charge on any atom is 0.302 e. The van der Waals surface area contributed by atoms with E-state index in [0.717, 1.165) is 25.7 Å². The van der Waals surface area contributed by atoms with Crippen molar-refractivity contribution in [2.75, 3.05) is 6.61 Å².